The number of hydrogen-bond acceptors (Lipinski definition) is 3. The minimum Gasteiger partial charge on any atom is -0.389 e. The average Bonchev–Trinajstić information content (AvgIpc) is 2.27. The highest BCUT2D eigenvalue weighted by molar-refractivity contribution is 8.00. The Morgan fingerprint density at radius 1 is 1.44 bits per heavy atom. The van der Waals surface area contributed by atoms with Gasteiger partial charge in [-0.1, -0.05) is 17.7 Å². The van der Waals surface area contributed by atoms with Gasteiger partial charge in [0.05, 0.1) is 16.8 Å². The van der Waals surface area contributed by atoms with E-state index < -0.39 is 6.10 Å². The van der Waals surface area contributed by atoms with Crippen LogP contribution in [0.4, 0.5) is 5.69 Å². The Bertz CT molecular complexity index is 434. The van der Waals surface area contributed by atoms with E-state index in [-0.39, 0.29) is 4.75 Å². The zero-order valence-corrected chi connectivity index (χ0v) is 12.7. The second kappa shape index (κ2) is 5.32. The van der Waals surface area contributed by atoms with Crippen molar-refractivity contribution in [3.8, 4) is 0 Å². The first-order valence-electron chi connectivity index (χ1n) is 6.25. The van der Waals surface area contributed by atoms with Gasteiger partial charge in [0.15, 0.2) is 0 Å². The van der Waals surface area contributed by atoms with Gasteiger partial charge in [-0.05, 0) is 38.5 Å². The third-order valence-corrected chi connectivity index (χ3v) is 4.82. The maximum atomic E-state index is 9.56. The van der Waals surface area contributed by atoms with Gasteiger partial charge >= 0.3 is 0 Å². The van der Waals surface area contributed by atoms with E-state index in [1.165, 1.54) is 0 Å². The maximum Gasteiger partial charge on any atom is 0.0762 e. The standard InChI is InChI=1S/C14H20ClNOS/c1-10(17)11-4-5-13(12(15)8-11)16-6-7-18-14(2,3)9-16/h4-5,8,10,17H,6-7,9H2,1-3H3. The van der Waals surface area contributed by atoms with Gasteiger partial charge in [-0.2, -0.15) is 11.8 Å². The molecule has 1 aliphatic heterocycles. The number of nitrogens with zero attached hydrogens (tertiary/aromatic N) is 1. The van der Waals surface area contributed by atoms with Crippen LogP contribution in [0, 0.1) is 0 Å². The minimum atomic E-state index is -0.468. The molecule has 0 radical (unpaired) electrons. The predicted octanol–water partition coefficient (Wildman–Crippen LogP) is 3.73. The normalized spacial score (nSPS) is 20.8. The summed E-state index contributed by atoms with van der Waals surface area (Å²) in [6.45, 7) is 8.32. The predicted molar refractivity (Wildman–Crippen MR) is 80.8 cm³/mol. The molecule has 1 saturated heterocycles. The monoisotopic (exact) mass is 285 g/mol. The summed E-state index contributed by atoms with van der Waals surface area (Å²) in [6, 6.07) is 5.85. The molecular weight excluding hydrogens is 266 g/mol. The highest BCUT2D eigenvalue weighted by atomic mass is 35.5. The molecule has 18 heavy (non-hydrogen) atoms. The van der Waals surface area contributed by atoms with Crippen molar-refractivity contribution < 1.29 is 5.11 Å². The van der Waals surface area contributed by atoms with Crippen LogP contribution in [0.2, 0.25) is 5.02 Å². The van der Waals surface area contributed by atoms with E-state index >= 15 is 0 Å². The van der Waals surface area contributed by atoms with Crippen molar-refractivity contribution in [2.24, 2.45) is 0 Å². The van der Waals surface area contributed by atoms with Crippen LogP contribution in [0.3, 0.4) is 0 Å². The van der Waals surface area contributed by atoms with Gasteiger partial charge in [0.2, 0.25) is 0 Å². The molecule has 100 valence electrons. The summed E-state index contributed by atoms with van der Waals surface area (Å²) in [5.74, 6) is 1.13. The number of anilines is 1. The van der Waals surface area contributed by atoms with Crippen LogP contribution in [0.25, 0.3) is 0 Å². The number of rotatable bonds is 2. The third-order valence-electron chi connectivity index (χ3n) is 3.22. The van der Waals surface area contributed by atoms with Crippen LogP contribution in [0.1, 0.15) is 32.4 Å². The zero-order chi connectivity index (χ0) is 13.3. The lowest BCUT2D eigenvalue weighted by molar-refractivity contribution is 0.199. The SMILES string of the molecule is CC(O)c1ccc(N2CCSC(C)(C)C2)c(Cl)c1. The Morgan fingerprint density at radius 3 is 2.72 bits per heavy atom. The molecule has 0 bridgehead atoms. The van der Waals surface area contributed by atoms with E-state index in [2.05, 4.69) is 18.7 Å². The molecule has 0 spiro atoms. The highest BCUT2D eigenvalue weighted by Gasteiger charge is 2.28. The van der Waals surface area contributed by atoms with Gasteiger partial charge < -0.3 is 10.0 Å². The molecular formula is C14H20ClNOS. The summed E-state index contributed by atoms with van der Waals surface area (Å²) in [5.41, 5.74) is 1.95. The van der Waals surface area contributed by atoms with Gasteiger partial charge in [-0.25, -0.2) is 0 Å². The molecule has 1 aliphatic rings. The summed E-state index contributed by atoms with van der Waals surface area (Å²) in [6.07, 6.45) is -0.468. The molecule has 1 N–H and O–H groups in total. The molecule has 1 heterocycles. The van der Waals surface area contributed by atoms with Gasteiger partial charge in [0.25, 0.3) is 0 Å². The molecule has 2 rings (SSSR count). The van der Waals surface area contributed by atoms with E-state index in [9.17, 15) is 5.11 Å². The lowest BCUT2D eigenvalue weighted by Gasteiger charge is -2.39. The van der Waals surface area contributed by atoms with Crippen molar-refractivity contribution in [2.45, 2.75) is 31.6 Å². The number of aliphatic hydroxyl groups is 1. The summed E-state index contributed by atoms with van der Waals surface area (Å²) >= 11 is 8.35. The van der Waals surface area contributed by atoms with Crippen molar-refractivity contribution >= 4 is 29.1 Å². The van der Waals surface area contributed by atoms with Gasteiger partial charge in [0.1, 0.15) is 0 Å². The molecule has 0 aromatic heterocycles. The first-order valence-corrected chi connectivity index (χ1v) is 7.62. The number of thioether (sulfide) groups is 1. The molecule has 2 nitrogen and oxygen atoms in total. The molecule has 0 amide bonds. The molecule has 1 aromatic rings. The van der Waals surface area contributed by atoms with Crippen molar-refractivity contribution in [1.29, 1.82) is 0 Å². The Kier molecular flexibility index (Phi) is 4.15. The Hall–Kier alpha value is -0.380. The fraction of sp³-hybridized carbons (Fsp3) is 0.571. The number of aliphatic hydroxyl groups excluding tert-OH is 1. The fourth-order valence-corrected chi connectivity index (χ4v) is 3.68. The second-order valence-electron chi connectivity index (χ2n) is 5.42. The van der Waals surface area contributed by atoms with Crippen molar-refractivity contribution in [1.82, 2.24) is 0 Å². The smallest absolute Gasteiger partial charge is 0.0762 e. The molecule has 0 saturated carbocycles. The van der Waals surface area contributed by atoms with Gasteiger partial charge in [-0.15, -0.1) is 0 Å². The molecule has 4 heteroatoms. The zero-order valence-electron chi connectivity index (χ0n) is 11.1. The van der Waals surface area contributed by atoms with Gasteiger partial charge in [-0.3, -0.25) is 0 Å². The third kappa shape index (κ3) is 3.14. The average molecular weight is 286 g/mol. The van der Waals surface area contributed by atoms with E-state index in [0.717, 1.165) is 35.1 Å². The van der Waals surface area contributed by atoms with E-state index in [0.29, 0.717) is 0 Å². The number of benzene rings is 1. The maximum absolute atomic E-state index is 9.56. The second-order valence-corrected chi connectivity index (χ2v) is 7.63. The van der Waals surface area contributed by atoms with Crippen LogP contribution in [-0.2, 0) is 0 Å². The quantitative estimate of drug-likeness (QED) is 0.896. The molecule has 1 unspecified atom stereocenters. The van der Waals surface area contributed by atoms with E-state index in [4.69, 9.17) is 11.6 Å². The lowest BCUT2D eigenvalue weighted by Crippen LogP contribution is -2.43. The number of halogens is 1. The Balaban J connectivity index is 2.23. The number of hydrogen-bond donors (Lipinski definition) is 1. The van der Waals surface area contributed by atoms with Crippen molar-refractivity contribution in [3.63, 3.8) is 0 Å². The topological polar surface area (TPSA) is 23.5 Å². The first-order chi connectivity index (χ1) is 8.39. The molecule has 0 aliphatic carbocycles. The summed E-state index contributed by atoms with van der Waals surface area (Å²) in [7, 11) is 0. The van der Waals surface area contributed by atoms with E-state index in [1.807, 2.05) is 30.0 Å². The van der Waals surface area contributed by atoms with Crippen LogP contribution in [-0.4, -0.2) is 28.7 Å². The van der Waals surface area contributed by atoms with Crippen molar-refractivity contribution in [2.75, 3.05) is 23.7 Å². The van der Waals surface area contributed by atoms with Gasteiger partial charge in [0, 0.05) is 23.6 Å². The first kappa shape index (κ1) is 14.0. The largest absolute Gasteiger partial charge is 0.389 e. The molecule has 1 fully saturated rings. The molecule has 1 atom stereocenters. The van der Waals surface area contributed by atoms with Crippen LogP contribution in [0.15, 0.2) is 18.2 Å². The minimum absolute atomic E-state index is 0.268. The lowest BCUT2D eigenvalue weighted by atomic mass is 10.1. The van der Waals surface area contributed by atoms with Crippen LogP contribution < -0.4 is 4.90 Å². The van der Waals surface area contributed by atoms with Crippen LogP contribution in [0.5, 0.6) is 0 Å². The Morgan fingerprint density at radius 2 is 2.17 bits per heavy atom. The fourth-order valence-electron chi connectivity index (χ4n) is 2.26. The molecule has 1 aromatic carbocycles. The highest BCUT2D eigenvalue weighted by Crippen LogP contribution is 2.36. The summed E-state index contributed by atoms with van der Waals surface area (Å²) in [5, 5.41) is 10.3. The summed E-state index contributed by atoms with van der Waals surface area (Å²) < 4.78 is 0.268. The van der Waals surface area contributed by atoms with Crippen molar-refractivity contribution in [3.05, 3.63) is 28.8 Å². The summed E-state index contributed by atoms with van der Waals surface area (Å²) in [4.78, 5) is 2.34. The Labute approximate surface area is 118 Å². The van der Waals surface area contributed by atoms with E-state index in [1.54, 1.807) is 6.92 Å². The van der Waals surface area contributed by atoms with Crippen LogP contribution >= 0.6 is 23.4 Å².